The van der Waals surface area contributed by atoms with Crippen molar-refractivity contribution in [1.29, 1.82) is 0 Å². The Bertz CT molecular complexity index is 462. The number of hydrogen-bond donors (Lipinski definition) is 2. The van der Waals surface area contributed by atoms with Crippen LogP contribution in [0.5, 0.6) is 0 Å². The van der Waals surface area contributed by atoms with Gasteiger partial charge in [0.2, 0.25) is 0 Å². The molecule has 0 saturated heterocycles. The number of nitrogens with one attached hydrogen (secondary N) is 1. The fourth-order valence-electron chi connectivity index (χ4n) is 1.50. The zero-order valence-electron chi connectivity index (χ0n) is 11.8. The summed E-state index contributed by atoms with van der Waals surface area (Å²) in [4.78, 5) is 23.1. The lowest BCUT2D eigenvalue weighted by Gasteiger charge is -2.14. The summed E-state index contributed by atoms with van der Waals surface area (Å²) in [7, 11) is 0. The van der Waals surface area contributed by atoms with Crippen molar-refractivity contribution in [1.82, 2.24) is 5.32 Å². The standard InChI is InChI=1S/C15H20N2O4/c1-2-8-20-15(19)13(9-16)17-10-14(18)21-11-12-6-4-3-5-7-12/h2-7,13,17H,1,8-11,16H2/t13-/m0/s1. The van der Waals surface area contributed by atoms with Crippen molar-refractivity contribution in [3.8, 4) is 0 Å². The lowest BCUT2D eigenvalue weighted by Crippen LogP contribution is -2.46. The van der Waals surface area contributed by atoms with Crippen LogP contribution in [0.3, 0.4) is 0 Å². The third-order valence-corrected chi connectivity index (χ3v) is 2.60. The predicted molar refractivity (Wildman–Crippen MR) is 78.2 cm³/mol. The van der Waals surface area contributed by atoms with Crippen molar-refractivity contribution in [2.45, 2.75) is 12.6 Å². The molecule has 0 aliphatic rings. The van der Waals surface area contributed by atoms with E-state index in [1.165, 1.54) is 6.08 Å². The predicted octanol–water partition coefficient (Wildman–Crippen LogP) is 0.376. The molecular weight excluding hydrogens is 272 g/mol. The van der Waals surface area contributed by atoms with Crippen LogP contribution in [-0.4, -0.2) is 37.7 Å². The van der Waals surface area contributed by atoms with Crippen molar-refractivity contribution < 1.29 is 19.1 Å². The van der Waals surface area contributed by atoms with Gasteiger partial charge in [0.15, 0.2) is 0 Å². The molecule has 1 atom stereocenters. The lowest BCUT2D eigenvalue weighted by molar-refractivity contribution is -0.146. The van der Waals surface area contributed by atoms with E-state index in [-0.39, 0.29) is 26.3 Å². The molecule has 1 aromatic carbocycles. The molecule has 0 aliphatic carbocycles. The van der Waals surface area contributed by atoms with E-state index in [9.17, 15) is 9.59 Å². The number of benzene rings is 1. The molecule has 21 heavy (non-hydrogen) atoms. The van der Waals surface area contributed by atoms with Gasteiger partial charge in [-0.2, -0.15) is 0 Å². The van der Waals surface area contributed by atoms with Crippen LogP contribution in [0.2, 0.25) is 0 Å². The summed E-state index contributed by atoms with van der Waals surface area (Å²) in [5.41, 5.74) is 6.35. The van der Waals surface area contributed by atoms with Gasteiger partial charge in [-0.05, 0) is 5.56 Å². The van der Waals surface area contributed by atoms with Gasteiger partial charge in [0.1, 0.15) is 19.3 Å². The lowest BCUT2D eigenvalue weighted by atomic mass is 10.2. The second-order valence-electron chi connectivity index (χ2n) is 4.23. The fourth-order valence-corrected chi connectivity index (χ4v) is 1.50. The van der Waals surface area contributed by atoms with E-state index in [0.29, 0.717) is 0 Å². The normalized spacial score (nSPS) is 11.5. The van der Waals surface area contributed by atoms with Crippen LogP contribution in [0.1, 0.15) is 5.56 Å². The van der Waals surface area contributed by atoms with E-state index in [4.69, 9.17) is 15.2 Å². The summed E-state index contributed by atoms with van der Waals surface area (Å²) in [5.74, 6) is -0.984. The highest BCUT2D eigenvalue weighted by Gasteiger charge is 2.18. The third-order valence-electron chi connectivity index (χ3n) is 2.60. The fraction of sp³-hybridized carbons (Fsp3) is 0.333. The average molecular weight is 292 g/mol. The van der Waals surface area contributed by atoms with Crippen molar-refractivity contribution in [3.05, 3.63) is 48.6 Å². The van der Waals surface area contributed by atoms with Gasteiger partial charge in [-0.25, -0.2) is 0 Å². The molecule has 0 spiro atoms. The Morgan fingerprint density at radius 2 is 2.00 bits per heavy atom. The first-order valence-corrected chi connectivity index (χ1v) is 6.58. The maximum absolute atomic E-state index is 11.6. The Hall–Kier alpha value is -2.18. The van der Waals surface area contributed by atoms with Gasteiger partial charge in [-0.1, -0.05) is 43.0 Å². The smallest absolute Gasteiger partial charge is 0.324 e. The Labute approximate surface area is 123 Å². The number of carbonyl (C=O) groups is 2. The molecule has 0 aliphatic heterocycles. The maximum atomic E-state index is 11.6. The first kappa shape index (κ1) is 16.9. The first-order valence-electron chi connectivity index (χ1n) is 6.58. The van der Waals surface area contributed by atoms with Crippen LogP contribution >= 0.6 is 0 Å². The van der Waals surface area contributed by atoms with Crippen LogP contribution in [0, 0.1) is 0 Å². The molecule has 3 N–H and O–H groups in total. The van der Waals surface area contributed by atoms with Gasteiger partial charge in [-0.15, -0.1) is 0 Å². The maximum Gasteiger partial charge on any atom is 0.324 e. The van der Waals surface area contributed by atoms with Crippen LogP contribution in [0.4, 0.5) is 0 Å². The molecule has 6 heteroatoms. The monoisotopic (exact) mass is 292 g/mol. The molecule has 0 fully saturated rings. The molecule has 0 bridgehead atoms. The van der Waals surface area contributed by atoms with E-state index >= 15 is 0 Å². The van der Waals surface area contributed by atoms with Gasteiger partial charge >= 0.3 is 11.9 Å². The molecule has 6 nitrogen and oxygen atoms in total. The highest BCUT2D eigenvalue weighted by Crippen LogP contribution is 2.00. The van der Waals surface area contributed by atoms with Crippen LogP contribution in [0.25, 0.3) is 0 Å². The minimum Gasteiger partial charge on any atom is -0.460 e. The zero-order chi connectivity index (χ0) is 15.5. The Morgan fingerprint density at radius 1 is 1.29 bits per heavy atom. The summed E-state index contributed by atoms with van der Waals surface area (Å²) < 4.78 is 9.93. The quantitative estimate of drug-likeness (QED) is 0.505. The zero-order valence-corrected chi connectivity index (χ0v) is 11.8. The SMILES string of the molecule is C=CCOC(=O)[C@H](CN)NCC(=O)OCc1ccccc1. The van der Waals surface area contributed by atoms with Crippen LogP contribution in [0.15, 0.2) is 43.0 Å². The van der Waals surface area contributed by atoms with Crippen molar-refractivity contribution in [3.63, 3.8) is 0 Å². The summed E-state index contributed by atoms with van der Waals surface area (Å²) in [6.45, 7) is 3.66. The summed E-state index contributed by atoms with van der Waals surface area (Å²) >= 11 is 0. The average Bonchev–Trinajstić information content (AvgIpc) is 2.52. The molecule has 0 aromatic heterocycles. The second kappa shape index (κ2) is 9.68. The van der Waals surface area contributed by atoms with Crippen LogP contribution < -0.4 is 11.1 Å². The highest BCUT2D eigenvalue weighted by atomic mass is 16.5. The van der Waals surface area contributed by atoms with E-state index in [1.807, 2.05) is 30.3 Å². The molecule has 0 amide bonds. The minimum absolute atomic E-state index is 0.0297. The minimum atomic E-state index is -0.741. The van der Waals surface area contributed by atoms with Gasteiger partial charge < -0.3 is 15.2 Å². The number of carbonyl (C=O) groups excluding carboxylic acids is 2. The molecular formula is C15H20N2O4. The van der Waals surface area contributed by atoms with E-state index in [2.05, 4.69) is 11.9 Å². The number of hydrogen-bond acceptors (Lipinski definition) is 6. The second-order valence-corrected chi connectivity index (χ2v) is 4.23. The van der Waals surface area contributed by atoms with Crippen molar-refractivity contribution in [2.75, 3.05) is 19.7 Å². The molecule has 0 heterocycles. The van der Waals surface area contributed by atoms with Gasteiger partial charge in [-0.3, -0.25) is 14.9 Å². The molecule has 1 rings (SSSR count). The van der Waals surface area contributed by atoms with E-state index in [0.717, 1.165) is 5.56 Å². The van der Waals surface area contributed by atoms with E-state index in [1.54, 1.807) is 0 Å². The van der Waals surface area contributed by atoms with Gasteiger partial charge in [0, 0.05) is 6.54 Å². The third kappa shape index (κ3) is 6.69. The van der Waals surface area contributed by atoms with Gasteiger partial charge in [0.25, 0.3) is 0 Å². The molecule has 0 saturated carbocycles. The van der Waals surface area contributed by atoms with Crippen molar-refractivity contribution >= 4 is 11.9 Å². The Morgan fingerprint density at radius 3 is 2.62 bits per heavy atom. The summed E-state index contributed by atoms with van der Waals surface area (Å²) in [6.07, 6.45) is 1.46. The molecule has 1 aromatic rings. The summed E-state index contributed by atoms with van der Waals surface area (Å²) in [5, 5.41) is 2.71. The largest absolute Gasteiger partial charge is 0.460 e. The van der Waals surface area contributed by atoms with Gasteiger partial charge in [0.05, 0.1) is 6.54 Å². The molecule has 114 valence electrons. The number of ether oxygens (including phenoxy) is 2. The summed E-state index contributed by atoms with van der Waals surface area (Å²) in [6, 6.07) is 8.58. The number of esters is 2. The van der Waals surface area contributed by atoms with Crippen molar-refractivity contribution in [2.24, 2.45) is 5.73 Å². The molecule has 0 unspecified atom stereocenters. The molecule has 0 radical (unpaired) electrons. The van der Waals surface area contributed by atoms with Crippen LogP contribution in [-0.2, 0) is 25.7 Å². The Kier molecular flexibility index (Phi) is 7.78. The first-order chi connectivity index (χ1) is 10.2. The Balaban J connectivity index is 2.30. The van der Waals surface area contributed by atoms with E-state index < -0.39 is 18.0 Å². The highest BCUT2D eigenvalue weighted by molar-refractivity contribution is 5.78. The number of rotatable bonds is 9. The topological polar surface area (TPSA) is 90.6 Å². The number of nitrogens with two attached hydrogens (primary N) is 1.